The van der Waals surface area contributed by atoms with Gasteiger partial charge in [0.1, 0.15) is 13.2 Å². The van der Waals surface area contributed by atoms with E-state index in [1.807, 2.05) is 13.1 Å². The Hall–Kier alpha value is -2.71. The Morgan fingerprint density at radius 3 is 2.58 bits per heavy atom. The van der Waals surface area contributed by atoms with Crippen LogP contribution in [0.2, 0.25) is 0 Å². The zero-order chi connectivity index (χ0) is 18.4. The maximum Gasteiger partial charge on any atom is 0.161 e. The van der Waals surface area contributed by atoms with Gasteiger partial charge in [-0.1, -0.05) is 18.2 Å². The predicted molar refractivity (Wildman–Crippen MR) is 103 cm³/mol. The van der Waals surface area contributed by atoms with Crippen molar-refractivity contribution in [3.63, 3.8) is 0 Å². The van der Waals surface area contributed by atoms with Crippen LogP contribution < -0.4 is 19.7 Å². The maximum absolute atomic E-state index is 8.69. The minimum absolute atomic E-state index is 0.212. The van der Waals surface area contributed by atoms with Crippen molar-refractivity contribution in [2.24, 2.45) is 0 Å². The van der Waals surface area contributed by atoms with Crippen LogP contribution in [0.15, 0.2) is 42.5 Å². The first-order valence-electron chi connectivity index (χ1n) is 8.97. The van der Waals surface area contributed by atoms with Crippen LogP contribution in [0.4, 0.5) is 5.69 Å². The Bertz CT molecular complexity index is 768. The van der Waals surface area contributed by atoms with E-state index in [-0.39, 0.29) is 6.04 Å². The Morgan fingerprint density at radius 1 is 1.12 bits per heavy atom. The highest BCUT2D eigenvalue weighted by Crippen LogP contribution is 2.32. The Kier molecular flexibility index (Phi) is 5.98. The summed E-state index contributed by atoms with van der Waals surface area (Å²) in [6.07, 6.45) is 0.535. The number of nitriles is 1. The van der Waals surface area contributed by atoms with Crippen LogP contribution in [0.3, 0.4) is 0 Å². The van der Waals surface area contributed by atoms with Gasteiger partial charge in [0.05, 0.1) is 12.5 Å². The Balaban J connectivity index is 1.56. The zero-order valence-corrected chi connectivity index (χ0v) is 15.4. The fourth-order valence-electron chi connectivity index (χ4n) is 2.93. The van der Waals surface area contributed by atoms with Crippen LogP contribution in [0, 0.1) is 11.3 Å². The summed E-state index contributed by atoms with van der Waals surface area (Å²) in [4.78, 5) is 2.10. The molecule has 5 heteroatoms. The van der Waals surface area contributed by atoms with Gasteiger partial charge in [-0.3, -0.25) is 0 Å². The topological polar surface area (TPSA) is 57.5 Å². The van der Waals surface area contributed by atoms with Gasteiger partial charge in [-0.25, -0.2) is 0 Å². The minimum atomic E-state index is 0.212. The van der Waals surface area contributed by atoms with Gasteiger partial charge in [0, 0.05) is 31.9 Å². The van der Waals surface area contributed by atoms with Crippen LogP contribution in [-0.2, 0) is 6.54 Å². The molecule has 0 amide bonds. The molecule has 0 fully saturated rings. The molecule has 0 spiro atoms. The molecule has 0 aliphatic carbocycles. The van der Waals surface area contributed by atoms with E-state index < -0.39 is 0 Å². The number of hydrogen-bond acceptors (Lipinski definition) is 5. The molecule has 5 nitrogen and oxygen atoms in total. The first kappa shape index (κ1) is 18.1. The summed E-state index contributed by atoms with van der Waals surface area (Å²) < 4.78 is 11.2. The van der Waals surface area contributed by atoms with Crippen LogP contribution in [0.1, 0.15) is 30.5 Å². The van der Waals surface area contributed by atoms with Crippen LogP contribution in [0.5, 0.6) is 11.5 Å². The molecule has 1 unspecified atom stereocenters. The Morgan fingerprint density at radius 2 is 1.85 bits per heavy atom. The Labute approximate surface area is 155 Å². The lowest BCUT2D eigenvalue weighted by molar-refractivity contribution is 0.171. The first-order chi connectivity index (χ1) is 12.7. The zero-order valence-electron chi connectivity index (χ0n) is 15.4. The molecule has 0 aromatic heterocycles. The van der Waals surface area contributed by atoms with Crippen molar-refractivity contribution in [3.05, 3.63) is 53.6 Å². The molecular weight excluding hydrogens is 326 g/mol. The van der Waals surface area contributed by atoms with Gasteiger partial charge >= 0.3 is 0 Å². The van der Waals surface area contributed by atoms with Crippen molar-refractivity contribution in [2.45, 2.75) is 25.9 Å². The summed E-state index contributed by atoms with van der Waals surface area (Å²) in [5.41, 5.74) is 3.54. The summed E-state index contributed by atoms with van der Waals surface area (Å²) in [5, 5.41) is 12.2. The van der Waals surface area contributed by atoms with Crippen molar-refractivity contribution < 1.29 is 9.47 Å². The lowest BCUT2D eigenvalue weighted by Gasteiger charge is -2.21. The van der Waals surface area contributed by atoms with Gasteiger partial charge < -0.3 is 19.7 Å². The molecule has 1 atom stereocenters. The highest BCUT2D eigenvalue weighted by atomic mass is 16.6. The molecule has 0 bridgehead atoms. The second-order valence-corrected chi connectivity index (χ2v) is 6.50. The van der Waals surface area contributed by atoms with Gasteiger partial charge in [-0.2, -0.15) is 5.26 Å². The van der Waals surface area contributed by atoms with Gasteiger partial charge in [0.25, 0.3) is 0 Å². The number of hydrogen-bond donors (Lipinski definition) is 1. The number of nitrogens with one attached hydrogen (secondary N) is 1. The van der Waals surface area contributed by atoms with Crippen molar-refractivity contribution >= 4 is 5.69 Å². The molecule has 3 rings (SSSR count). The molecule has 1 heterocycles. The molecular formula is C21H25N3O2. The van der Waals surface area contributed by atoms with E-state index in [1.54, 1.807) is 0 Å². The lowest BCUT2D eigenvalue weighted by atomic mass is 10.1. The molecule has 1 N–H and O–H groups in total. The van der Waals surface area contributed by atoms with E-state index >= 15 is 0 Å². The third-order valence-corrected chi connectivity index (χ3v) is 4.61. The molecule has 0 saturated carbocycles. The molecule has 2 aromatic carbocycles. The highest BCUT2D eigenvalue weighted by Gasteiger charge is 2.14. The van der Waals surface area contributed by atoms with Crippen LogP contribution in [-0.4, -0.2) is 26.8 Å². The van der Waals surface area contributed by atoms with Crippen LogP contribution in [0.25, 0.3) is 0 Å². The van der Waals surface area contributed by atoms with E-state index in [0.29, 0.717) is 19.6 Å². The molecule has 1 aliphatic rings. The SMILES string of the molecule is CC(NCc1ccc(N(C)CCC#N)cc1)c1ccc2c(c1)OCCO2. The summed E-state index contributed by atoms with van der Waals surface area (Å²) in [6, 6.07) is 17.0. The van der Waals surface area contributed by atoms with Gasteiger partial charge in [0.2, 0.25) is 0 Å². The van der Waals surface area contributed by atoms with E-state index in [2.05, 4.69) is 59.6 Å². The molecule has 2 aromatic rings. The van der Waals surface area contributed by atoms with Crippen molar-refractivity contribution in [2.75, 3.05) is 31.7 Å². The summed E-state index contributed by atoms with van der Waals surface area (Å²) >= 11 is 0. The third-order valence-electron chi connectivity index (χ3n) is 4.61. The summed E-state index contributed by atoms with van der Waals surface area (Å²) in [6.45, 7) is 4.90. The normalized spacial score (nSPS) is 13.7. The standard InChI is InChI=1S/C21H25N3O2/c1-16(18-6-9-20-21(14-18)26-13-12-25-20)23-15-17-4-7-19(8-5-17)24(2)11-3-10-22/h4-9,14,16,23H,3,11-13,15H2,1-2H3. The van der Waals surface area contributed by atoms with Crippen molar-refractivity contribution in [3.8, 4) is 17.6 Å². The molecule has 0 radical (unpaired) electrons. The van der Waals surface area contributed by atoms with Gasteiger partial charge in [0.15, 0.2) is 11.5 Å². The second kappa shape index (κ2) is 8.59. The predicted octanol–water partition coefficient (Wildman–Crippen LogP) is 3.66. The molecule has 0 saturated heterocycles. The monoisotopic (exact) mass is 351 g/mol. The highest BCUT2D eigenvalue weighted by molar-refractivity contribution is 5.47. The molecule has 136 valence electrons. The summed E-state index contributed by atoms with van der Waals surface area (Å²) in [7, 11) is 2.01. The number of rotatable bonds is 7. The van der Waals surface area contributed by atoms with E-state index in [0.717, 1.165) is 30.3 Å². The fourth-order valence-corrected chi connectivity index (χ4v) is 2.93. The smallest absolute Gasteiger partial charge is 0.161 e. The second-order valence-electron chi connectivity index (χ2n) is 6.50. The molecule has 26 heavy (non-hydrogen) atoms. The number of nitrogens with zero attached hydrogens (tertiary/aromatic N) is 2. The average Bonchev–Trinajstić information content (AvgIpc) is 2.70. The quantitative estimate of drug-likeness (QED) is 0.825. The number of ether oxygens (including phenoxy) is 2. The van der Waals surface area contributed by atoms with E-state index in [9.17, 15) is 0 Å². The largest absolute Gasteiger partial charge is 0.486 e. The number of benzene rings is 2. The number of fused-ring (bicyclic) bond motifs is 1. The maximum atomic E-state index is 8.69. The molecule has 1 aliphatic heterocycles. The lowest BCUT2D eigenvalue weighted by Crippen LogP contribution is -2.20. The van der Waals surface area contributed by atoms with Crippen molar-refractivity contribution in [1.29, 1.82) is 5.26 Å². The van der Waals surface area contributed by atoms with Crippen molar-refractivity contribution in [1.82, 2.24) is 5.32 Å². The van der Waals surface area contributed by atoms with E-state index in [4.69, 9.17) is 14.7 Å². The van der Waals surface area contributed by atoms with E-state index in [1.165, 1.54) is 11.1 Å². The minimum Gasteiger partial charge on any atom is -0.486 e. The van der Waals surface area contributed by atoms with Gasteiger partial charge in [-0.05, 0) is 42.3 Å². The third kappa shape index (κ3) is 4.47. The first-order valence-corrected chi connectivity index (χ1v) is 8.97. The van der Waals surface area contributed by atoms with Gasteiger partial charge in [-0.15, -0.1) is 0 Å². The summed E-state index contributed by atoms with van der Waals surface area (Å²) in [5.74, 6) is 1.65. The van der Waals surface area contributed by atoms with Crippen LogP contribution >= 0.6 is 0 Å². The average molecular weight is 351 g/mol. The number of anilines is 1. The fraction of sp³-hybridized carbons (Fsp3) is 0.381.